The first-order valence-corrected chi connectivity index (χ1v) is 7.31. The number of hydrogen-bond donors (Lipinski definition) is 1. The summed E-state index contributed by atoms with van der Waals surface area (Å²) in [7, 11) is 0. The molecule has 1 amide bonds. The summed E-state index contributed by atoms with van der Waals surface area (Å²) in [6.45, 7) is 3.50. The van der Waals surface area contributed by atoms with Gasteiger partial charge in [-0.25, -0.2) is 4.79 Å². The van der Waals surface area contributed by atoms with Crippen LogP contribution in [0.1, 0.15) is 25.7 Å². The lowest BCUT2D eigenvalue weighted by atomic mass is 9.72. The van der Waals surface area contributed by atoms with Crippen molar-refractivity contribution in [1.29, 1.82) is 0 Å². The van der Waals surface area contributed by atoms with Gasteiger partial charge in [-0.05, 0) is 43.2 Å². The molecule has 1 aromatic rings. The Kier molecular flexibility index (Phi) is 3.51. The third-order valence-corrected chi connectivity index (χ3v) is 4.78. The van der Waals surface area contributed by atoms with Gasteiger partial charge in [0, 0.05) is 44.3 Å². The molecule has 5 nitrogen and oxygen atoms in total. The van der Waals surface area contributed by atoms with E-state index in [9.17, 15) is 4.79 Å². The fraction of sp³-hybridized carbons (Fsp3) is 0.600. The summed E-state index contributed by atoms with van der Waals surface area (Å²) in [6.07, 6.45) is 7.29. The molecule has 0 atom stereocenters. The van der Waals surface area contributed by atoms with E-state index in [2.05, 4.69) is 22.0 Å². The van der Waals surface area contributed by atoms with E-state index in [-0.39, 0.29) is 0 Å². The molecular weight excluding hydrogens is 254 g/mol. The van der Waals surface area contributed by atoms with Crippen molar-refractivity contribution >= 4 is 11.8 Å². The van der Waals surface area contributed by atoms with Crippen LogP contribution < -0.4 is 4.90 Å². The number of pyridine rings is 1. The largest absolute Gasteiger partial charge is 0.465 e. The van der Waals surface area contributed by atoms with Crippen LogP contribution in [0, 0.1) is 5.41 Å². The average Bonchev–Trinajstić information content (AvgIpc) is 2.49. The number of likely N-dealkylation sites (tertiary alicyclic amines) is 1. The number of amides is 1. The average molecular weight is 275 g/mol. The first kappa shape index (κ1) is 13.2. The Morgan fingerprint density at radius 3 is 2.50 bits per heavy atom. The fourth-order valence-electron chi connectivity index (χ4n) is 3.56. The second-order valence-electron chi connectivity index (χ2n) is 6.00. The zero-order chi connectivity index (χ0) is 14.0. The second kappa shape index (κ2) is 5.31. The van der Waals surface area contributed by atoms with Gasteiger partial charge in [-0.2, -0.15) is 0 Å². The Morgan fingerprint density at radius 1 is 1.15 bits per heavy atom. The smallest absolute Gasteiger partial charge is 0.407 e. The Bertz CT molecular complexity index is 469. The molecular formula is C15H21N3O2. The summed E-state index contributed by atoms with van der Waals surface area (Å²) < 4.78 is 0. The molecule has 0 aromatic carbocycles. The fourth-order valence-corrected chi connectivity index (χ4v) is 3.56. The van der Waals surface area contributed by atoms with Gasteiger partial charge in [-0.3, -0.25) is 4.98 Å². The molecule has 2 aliphatic rings. The van der Waals surface area contributed by atoms with Gasteiger partial charge in [0.05, 0.1) is 0 Å². The Morgan fingerprint density at radius 2 is 1.85 bits per heavy atom. The summed E-state index contributed by atoms with van der Waals surface area (Å²) in [5.41, 5.74) is 1.53. The molecule has 3 heterocycles. The summed E-state index contributed by atoms with van der Waals surface area (Å²) in [4.78, 5) is 19.1. The van der Waals surface area contributed by atoms with Crippen LogP contribution in [0.5, 0.6) is 0 Å². The topological polar surface area (TPSA) is 56.7 Å². The zero-order valence-electron chi connectivity index (χ0n) is 11.7. The third-order valence-electron chi connectivity index (χ3n) is 4.78. The first-order valence-electron chi connectivity index (χ1n) is 7.31. The maximum Gasteiger partial charge on any atom is 0.407 e. The first-order chi connectivity index (χ1) is 9.69. The lowest BCUT2D eigenvalue weighted by Gasteiger charge is -2.47. The van der Waals surface area contributed by atoms with E-state index in [1.54, 1.807) is 4.90 Å². The van der Waals surface area contributed by atoms with Crippen molar-refractivity contribution in [3.63, 3.8) is 0 Å². The molecule has 0 bridgehead atoms. The molecule has 0 saturated carbocycles. The van der Waals surface area contributed by atoms with Gasteiger partial charge in [0.15, 0.2) is 0 Å². The number of anilines is 1. The Labute approximate surface area is 119 Å². The Hall–Kier alpha value is -1.78. The molecule has 0 aliphatic carbocycles. The molecule has 1 spiro atoms. The normalized spacial score (nSPS) is 22.0. The van der Waals surface area contributed by atoms with Gasteiger partial charge in [0.25, 0.3) is 0 Å². The molecule has 1 aromatic heterocycles. The van der Waals surface area contributed by atoms with Crippen LogP contribution in [0.3, 0.4) is 0 Å². The molecule has 5 heteroatoms. The predicted molar refractivity (Wildman–Crippen MR) is 76.9 cm³/mol. The number of hydrogen-bond acceptors (Lipinski definition) is 3. The van der Waals surface area contributed by atoms with Crippen molar-refractivity contribution in [2.24, 2.45) is 5.41 Å². The quantitative estimate of drug-likeness (QED) is 0.855. The van der Waals surface area contributed by atoms with Crippen LogP contribution in [0.2, 0.25) is 0 Å². The lowest BCUT2D eigenvalue weighted by Crippen LogP contribution is -2.50. The molecule has 3 rings (SSSR count). The highest BCUT2D eigenvalue weighted by Crippen LogP contribution is 2.40. The van der Waals surface area contributed by atoms with Crippen molar-refractivity contribution in [2.75, 3.05) is 31.1 Å². The summed E-state index contributed by atoms with van der Waals surface area (Å²) in [5, 5.41) is 9.06. The minimum atomic E-state index is -0.776. The van der Waals surface area contributed by atoms with Crippen LogP contribution in [-0.2, 0) is 0 Å². The van der Waals surface area contributed by atoms with Crippen LogP contribution in [0.15, 0.2) is 24.5 Å². The van der Waals surface area contributed by atoms with Gasteiger partial charge in [-0.1, -0.05) is 0 Å². The summed E-state index contributed by atoms with van der Waals surface area (Å²) >= 11 is 0. The predicted octanol–water partition coefficient (Wildman–Crippen LogP) is 2.44. The van der Waals surface area contributed by atoms with Gasteiger partial charge in [0.2, 0.25) is 0 Å². The highest BCUT2D eigenvalue weighted by atomic mass is 16.4. The molecule has 2 aliphatic heterocycles. The molecule has 2 saturated heterocycles. The van der Waals surface area contributed by atoms with Gasteiger partial charge in [-0.15, -0.1) is 0 Å². The van der Waals surface area contributed by atoms with E-state index in [4.69, 9.17) is 5.11 Å². The maximum absolute atomic E-state index is 11.0. The highest BCUT2D eigenvalue weighted by molar-refractivity contribution is 5.65. The van der Waals surface area contributed by atoms with E-state index in [0.717, 1.165) is 25.9 Å². The minimum absolute atomic E-state index is 0.299. The SMILES string of the molecule is O=C(O)N1CCC2(CCCN(c3ccncc3)C2)CC1. The summed E-state index contributed by atoms with van der Waals surface area (Å²) in [5.74, 6) is 0. The van der Waals surface area contributed by atoms with Crippen molar-refractivity contribution in [1.82, 2.24) is 9.88 Å². The van der Waals surface area contributed by atoms with E-state index in [1.807, 2.05) is 12.4 Å². The number of carboxylic acid groups (broad SMARTS) is 1. The highest BCUT2D eigenvalue weighted by Gasteiger charge is 2.39. The maximum atomic E-state index is 11.0. The van der Waals surface area contributed by atoms with Gasteiger partial charge < -0.3 is 14.9 Å². The van der Waals surface area contributed by atoms with Crippen LogP contribution in [0.25, 0.3) is 0 Å². The van der Waals surface area contributed by atoms with Crippen molar-refractivity contribution < 1.29 is 9.90 Å². The van der Waals surface area contributed by atoms with E-state index >= 15 is 0 Å². The van der Waals surface area contributed by atoms with E-state index < -0.39 is 6.09 Å². The van der Waals surface area contributed by atoms with E-state index in [0.29, 0.717) is 18.5 Å². The molecule has 1 N–H and O–H groups in total. The molecule has 108 valence electrons. The lowest BCUT2D eigenvalue weighted by molar-refractivity contribution is 0.0794. The molecule has 2 fully saturated rings. The standard InChI is InChI=1S/C15H21N3O2/c19-14(20)17-10-5-15(6-11-17)4-1-9-18(12-15)13-2-7-16-8-3-13/h2-3,7-8H,1,4-6,9-12H2,(H,19,20). The van der Waals surface area contributed by atoms with Gasteiger partial charge in [0.1, 0.15) is 0 Å². The Balaban J connectivity index is 1.68. The molecule has 20 heavy (non-hydrogen) atoms. The number of nitrogens with zero attached hydrogens (tertiary/aromatic N) is 3. The number of carbonyl (C=O) groups is 1. The van der Waals surface area contributed by atoms with Crippen molar-refractivity contribution in [3.05, 3.63) is 24.5 Å². The molecule has 0 radical (unpaired) electrons. The van der Waals surface area contributed by atoms with Crippen molar-refractivity contribution in [2.45, 2.75) is 25.7 Å². The zero-order valence-corrected chi connectivity index (χ0v) is 11.7. The number of rotatable bonds is 1. The van der Waals surface area contributed by atoms with Gasteiger partial charge >= 0.3 is 6.09 Å². The number of aromatic nitrogens is 1. The van der Waals surface area contributed by atoms with Crippen LogP contribution in [-0.4, -0.2) is 47.3 Å². The second-order valence-corrected chi connectivity index (χ2v) is 6.00. The number of piperidine rings is 2. The third kappa shape index (κ3) is 2.57. The summed E-state index contributed by atoms with van der Waals surface area (Å²) in [6, 6.07) is 4.12. The van der Waals surface area contributed by atoms with Crippen LogP contribution >= 0.6 is 0 Å². The minimum Gasteiger partial charge on any atom is -0.465 e. The van der Waals surface area contributed by atoms with Crippen LogP contribution in [0.4, 0.5) is 10.5 Å². The van der Waals surface area contributed by atoms with Crippen molar-refractivity contribution in [3.8, 4) is 0 Å². The monoisotopic (exact) mass is 275 g/mol. The van der Waals surface area contributed by atoms with E-state index in [1.165, 1.54) is 18.5 Å². The molecule has 0 unspecified atom stereocenters.